The Hall–Kier alpha value is -3.56. The van der Waals surface area contributed by atoms with E-state index in [0.29, 0.717) is 37.0 Å². The van der Waals surface area contributed by atoms with Crippen molar-refractivity contribution in [1.29, 1.82) is 5.41 Å². The average Bonchev–Trinajstić information content (AvgIpc) is 2.73. The smallest absolute Gasteiger partial charge is 0.295 e. The molecule has 162 valence electrons. The van der Waals surface area contributed by atoms with Crippen molar-refractivity contribution in [3.05, 3.63) is 54.6 Å². The average molecular weight is 422 g/mol. The number of amidine groups is 1. The Balaban J connectivity index is 1.95. The molecule has 1 aromatic carbocycles. The highest BCUT2D eigenvalue weighted by Gasteiger charge is 2.13. The van der Waals surface area contributed by atoms with E-state index < -0.39 is 0 Å². The number of rotatable bonds is 6. The van der Waals surface area contributed by atoms with Gasteiger partial charge in [-0.05, 0) is 35.9 Å². The number of nitrogens with two attached hydrogens (primary N) is 1. The van der Waals surface area contributed by atoms with Gasteiger partial charge in [-0.2, -0.15) is 4.99 Å². The van der Waals surface area contributed by atoms with E-state index in [0.717, 1.165) is 24.2 Å². The second-order valence-electron chi connectivity index (χ2n) is 6.99. The molecule has 31 heavy (non-hydrogen) atoms. The monoisotopic (exact) mass is 422 g/mol. The summed E-state index contributed by atoms with van der Waals surface area (Å²) in [6.07, 6.45) is 1.22. The molecule has 0 unspecified atom stereocenters. The second-order valence-corrected chi connectivity index (χ2v) is 6.99. The van der Waals surface area contributed by atoms with E-state index >= 15 is 0 Å². The van der Waals surface area contributed by atoms with Crippen LogP contribution in [-0.4, -0.2) is 54.0 Å². The molecule has 2 aromatic rings. The quantitative estimate of drug-likeness (QED) is 0.373. The number of ether oxygens (including phenoxy) is 2. The molecule has 0 atom stereocenters. The first-order chi connectivity index (χ1) is 14.9. The molecule has 0 saturated carbocycles. The van der Waals surface area contributed by atoms with E-state index in [2.05, 4.69) is 26.8 Å². The van der Waals surface area contributed by atoms with E-state index in [1.54, 1.807) is 6.07 Å². The number of hydrogen-bond acceptors (Lipinski definition) is 7. The lowest BCUT2D eigenvalue weighted by atomic mass is 10.1. The van der Waals surface area contributed by atoms with Crippen LogP contribution in [0.25, 0.3) is 11.3 Å². The van der Waals surface area contributed by atoms with Crippen molar-refractivity contribution >= 4 is 29.3 Å². The Bertz CT molecular complexity index is 998. The fourth-order valence-corrected chi connectivity index (χ4v) is 3.13. The molecule has 3 rings (SSSR count). The summed E-state index contributed by atoms with van der Waals surface area (Å²) < 4.78 is 10.5. The van der Waals surface area contributed by atoms with Gasteiger partial charge in [-0.25, -0.2) is 4.98 Å². The Morgan fingerprint density at radius 2 is 2.16 bits per heavy atom. The van der Waals surface area contributed by atoms with Gasteiger partial charge in [0.15, 0.2) is 11.7 Å². The van der Waals surface area contributed by atoms with E-state index in [1.807, 2.05) is 30.3 Å². The van der Waals surface area contributed by atoms with Crippen LogP contribution in [0.3, 0.4) is 0 Å². The summed E-state index contributed by atoms with van der Waals surface area (Å²) in [5.41, 5.74) is 8.92. The van der Waals surface area contributed by atoms with Gasteiger partial charge in [-0.3, -0.25) is 15.1 Å². The zero-order chi connectivity index (χ0) is 22.2. The molecule has 4 N–H and O–H groups in total. The molecule has 0 bridgehead atoms. The maximum Gasteiger partial charge on any atom is 0.295 e. The SMILES string of the molecule is C=CC(=O)Nc1cccc(-c2cc(CN3CCOCC3)cc(N=C(N)OC(C)=N)n2)c1. The maximum absolute atomic E-state index is 11.6. The minimum absolute atomic E-state index is 0.0587. The van der Waals surface area contributed by atoms with Crippen LogP contribution >= 0.6 is 0 Å². The van der Waals surface area contributed by atoms with Gasteiger partial charge in [0.1, 0.15) is 0 Å². The van der Waals surface area contributed by atoms with Crippen LogP contribution in [0.4, 0.5) is 11.5 Å². The predicted octanol–water partition coefficient (Wildman–Crippen LogP) is 2.67. The summed E-state index contributed by atoms with van der Waals surface area (Å²) in [7, 11) is 0. The number of carbonyl (C=O) groups is 1. The van der Waals surface area contributed by atoms with Crippen LogP contribution in [-0.2, 0) is 20.8 Å². The Morgan fingerprint density at radius 3 is 2.87 bits per heavy atom. The molecular weight excluding hydrogens is 396 g/mol. The number of nitrogens with zero attached hydrogens (tertiary/aromatic N) is 3. The molecule has 9 heteroatoms. The molecule has 0 spiro atoms. The minimum Gasteiger partial charge on any atom is -0.412 e. The summed E-state index contributed by atoms with van der Waals surface area (Å²) in [4.78, 5) is 22.7. The lowest BCUT2D eigenvalue weighted by molar-refractivity contribution is -0.111. The van der Waals surface area contributed by atoms with Crippen molar-refractivity contribution in [3.8, 4) is 11.3 Å². The number of amides is 1. The highest BCUT2D eigenvalue weighted by atomic mass is 16.5. The third-order valence-corrected chi connectivity index (χ3v) is 4.48. The third kappa shape index (κ3) is 6.73. The second kappa shape index (κ2) is 10.5. The van der Waals surface area contributed by atoms with Crippen LogP contribution in [0.2, 0.25) is 0 Å². The lowest BCUT2D eigenvalue weighted by Gasteiger charge is -2.26. The highest BCUT2D eigenvalue weighted by molar-refractivity contribution is 5.99. The van der Waals surface area contributed by atoms with Gasteiger partial charge in [0, 0.05) is 37.8 Å². The van der Waals surface area contributed by atoms with Crippen LogP contribution in [0.15, 0.2) is 54.0 Å². The summed E-state index contributed by atoms with van der Waals surface area (Å²) in [6.45, 7) is 8.74. The van der Waals surface area contributed by atoms with E-state index in [4.69, 9.17) is 20.6 Å². The van der Waals surface area contributed by atoms with Gasteiger partial charge >= 0.3 is 0 Å². The van der Waals surface area contributed by atoms with Crippen molar-refractivity contribution in [2.45, 2.75) is 13.5 Å². The van der Waals surface area contributed by atoms with Crippen LogP contribution in [0.5, 0.6) is 0 Å². The molecule has 1 aliphatic heterocycles. The van der Waals surface area contributed by atoms with Crippen molar-refractivity contribution in [2.75, 3.05) is 31.6 Å². The van der Waals surface area contributed by atoms with Crippen molar-refractivity contribution in [2.24, 2.45) is 10.7 Å². The Kier molecular flexibility index (Phi) is 7.47. The molecule has 1 amide bonds. The van der Waals surface area contributed by atoms with Gasteiger partial charge in [0.05, 0.1) is 18.9 Å². The normalized spacial score (nSPS) is 14.7. The summed E-state index contributed by atoms with van der Waals surface area (Å²) in [6, 6.07) is 11.0. The molecule has 1 aliphatic rings. The first-order valence-electron chi connectivity index (χ1n) is 9.85. The van der Waals surface area contributed by atoms with Gasteiger partial charge in [-0.15, -0.1) is 0 Å². The van der Waals surface area contributed by atoms with Crippen molar-refractivity contribution in [1.82, 2.24) is 9.88 Å². The van der Waals surface area contributed by atoms with Crippen molar-refractivity contribution < 1.29 is 14.3 Å². The van der Waals surface area contributed by atoms with Gasteiger partial charge < -0.3 is 20.5 Å². The minimum atomic E-state index is -0.289. The fraction of sp³-hybridized carbons (Fsp3) is 0.273. The molecule has 9 nitrogen and oxygen atoms in total. The number of pyridine rings is 1. The van der Waals surface area contributed by atoms with Crippen LogP contribution < -0.4 is 11.1 Å². The molecule has 1 aromatic heterocycles. The van der Waals surface area contributed by atoms with E-state index in [1.165, 1.54) is 13.0 Å². The number of aliphatic imine (C=N–C) groups is 1. The number of hydrogen-bond donors (Lipinski definition) is 3. The first-order valence-corrected chi connectivity index (χ1v) is 9.85. The van der Waals surface area contributed by atoms with Gasteiger partial charge in [-0.1, -0.05) is 18.7 Å². The first kappa shape index (κ1) is 22.1. The standard InChI is InChI=1S/C22H26N6O3/c1-3-21(29)25-18-6-4-5-17(13-18)19-11-16(14-28-7-9-30-10-8-28)12-20(26-19)27-22(24)31-15(2)23/h3-6,11-13,23H,1,7-10,14H2,2H3,(H,25,29)(H2,24,26,27). The molecule has 0 aliphatic carbocycles. The Morgan fingerprint density at radius 1 is 1.39 bits per heavy atom. The molecule has 1 fully saturated rings. The topological polar surface area (TPSA) is 126 Å². The number of carbonyl (C=O) groups excluding carboxylic acids is 1. The van der Waals surface area contributed by atoms with E-state index in [9.17, 15) is 4.79 Å². The lowest BCUT2D eigenvalue weighted by Crippen LogP contribution is -2.35. The van der Waals surface area contributed by atoms with E-state index in [-0.39, 0.29) is 17.8 Å². The van der Waals surface area contributed by atoms with Crippen molar-refractivity contribution in [3.63, 3.8) is 0 Å². The summed E-state index contributed by atoms with van der Waals surface area (Å²) in [5.74, 6) is 0.0278. The van der Waals surface area contributed by atoms with Crippen LogP contribution in [0, 0.1) is 5.41 Å². The largest absolute Gasteiger partial charge is 0.412 e. The zero-order valence-electron chi connectivity index (χ0n) is 17.4. The summed E-state index contributed by atoms with van der Waals surface area (Å²) >= 11 is 0. The number of benzene rings is 1. The third-order valence-electron chi connectivity index (χ3n) is 4.48. The molecule has 2 heterocycles. The zero-order valence-corrected chi connectivity index (χ0v) is 17.4. The maximum atomic E-state index is 11.6. The van der Waals surface area contributed by atoms with Crippen LogP contribution in [0.1, 0.15) is 12.5 Å². The number of anilines is 1. The molecule has 0 radical (unpaired) electrons. The Labute approximate surface area is 181 Å². The number of nitrogens with one attached hydrogen (secondary N) is 2. The molecular formula is C22H26N6O3. The molecule has 1 saturated heterocycles. The number of morpholine rings is 1. The van der Waals surface area contributed by atoms with Gasteiger partial charge in [0.25, 0.3) is 6.02 Å². The fourth-order valence-electron chi connectivity index (χ4n) is 3.13. The summed E-state index contributed by atoms with van der Waals surface area (Å²) in [5, 5.41) is 10.2. The van der Waals surface area contributed by atoms with Gasteiger partial charge in [0.2, 0.25) is 5.91 Å². The number of aromatic nitrogens is 1. The highest BCUT2D eigenvalue weighted by Crippen LogP contribution is 2.26. The predicted molar refractivity (Wildman–Crippen MR) is 120 cm³/mol.